The molecule has 0 aromatic carbocycles. The second kappa shape index (κ2) is 4.93. The van der Waals surface area contributed by atoms with Gasteiger partial charge < -0.3 is 11.1 Å². The van der Waals surface area contributed by atoms with Crippen molar-refractivity contribution in [2.24, 2.45) is 12.8 Å². The van der Waals surface area contributed by atoms with Crippen molar-refractivity contribution in [2.75, 3.05) is 5.32 Å². The predicted molar refractivity (Wildman–Crippen MR) is 59.5 cm³/mol. The maximum atomic E-state index is 11.5. The minimum absolute atomic E-state index is 0.164. The number of aryl methyl sites for hydroxylation is 2. The molecule has 84 valence electrons. The van der Waals surface area contributed by atoms with Crippen LogP contribution in [0.3, 0.4) is 0 Å². The standard InChI is InChI=1S/C10H18N4O/c1-4-7-6-9(14(3)13-7)12-10(15)8(11)5-2/h6,8H,4-5,11H2,1-3H3,(H,12,15)/t8-/m0/s1. The molecule has 5 heteroatoms. The molecule has 0 bridgehead atoms. The van der Waals surface area contributed by atoms with Crippen molar-refractivity contribution in [3.8, 4) is 0 Å². The van der Waals surface area contributed by atoms with Gasteiger partial charge in [-0.1, -0.05) is 13.8 Å². The number of amides is 1. The van der Waals surface area contributed by atoms with Crippen LogP contribution in [-0.2, 0) is 18.3 Å². The fraction of sp³-hybridized carbons (Fsp3) is 0.600. The van der Waals surface area contributed by atoms with Crippen molar-refractivity contribution in [1.82, 2.24) is 9.78 Å². The smallest absolute Gasteiger partial charge is 0.242 e. The third-order valence-electron chi connectivity index (χ3n) is 2.32. The Bertz CT molecular complexity index is 345. The Hall–Kier alpha value is -1.36. The summed E-state index contributed by atoms with van der Waals surface area (Å²) >= 11 is 0. The summed E-state index contributed by atoms with van der Waals surface area (Å²) in [6.45, 7) is 3.90. The highest BCUT2D eigenvalue weighted by atomic mass is 16.2. The molecule has 0 fully saturated rings. The number of carbonyl (C=O) groups is 1. The monoisotopic (exact) mass is 210 g/mol. The van der Waals surface area contributed by atoms with E-state index in [1.165, 1.54) is 0 Å². The summed E-state index contributed by atoms with van der Waals surface area (Å²) in [5.41, 5.74) is 6.57. The van der Waals surface area contributed by atoms with E-state index in [1.54, 1.807) is 11.7 Å². The van der Waals surface area contributed by atoms with Gasteiger partial charge in [-0.15, -0.1) is 0 Å². The lowest BCUT2D eigenvalue weighted by molar-refractivity contribution is -0.117. The average Bonchev–Trinajstić information content (AvgIpc) is 2.58. The van der Waals surface area contributed by atoms with Crippen LogP contribution in [-0.4, -0.2) is 21.7 Å². The van der Waals surface area contributed by atoms with Crippen LogP contribution in [0, 0.1) is 0 Å². The van der Waals surface area contributed by atoms with Crippen LogP contribution < -0.4 is 11.1 Å². The van der Waals surface area contributed by atoms with E-state index in [4.69, 9.17) is 5.73 Å². The Morgan fingerprint density at radius 1 is 1.67 bits per heavy atom. The molecule has 1 amide bonds. The molecule has 1 aromatic heterocycles. The zero-order chi connectivity index (χ0) is 11.4. The number of nitrogens with zero attached hydrogens (tertiary/aromatic N) is 2. The molecule has 15 heavy (non-hydrogen) atoms. The Morgan fingerprint density at radius 3 is 2.80 bits per heavy atom. The molecule has 0 unspecified atom stereocenters. The molecule has 0 saturated heterocycles. The molecule has 0 spiro atoms. The molecule has 0 aliphatic heterocycles. The van der Waals surface area contributed by atoms with Crippen LogP contribution in [0.4, 0.5) is 5.82 Å². The highest BCUT2D eigenvalue weighted by Gasteiger charge is 2.13. The zero-order valence-electron chi connectivity index (χ0n) is 9.45. The van der Waals surface area contributed by atoms with Crippen LogP contribution in [0.25, 0.3) is 0 Å². The maximum absolute atomic E-state index is 11.5. The number of carbonyl (C=O) groups excluding carboxylic acids is 1. The van der Waals surface area contributed by atoms with Crippen molar-refractivity contribution < 1.29 is 4.79 Å². The quantitative estimate of drug-likeness (QED) is 0.766. The van der Waals surface area contributed by atoms with E-state index in [9.17, 15) is 4.79 Å². The molecule has 5 nitrogen and oxygen atoms in total. The predicted octanol–water partition coefficient (Wildman–Crippen LogP) is 0.658. The summed E-state index contributed by atoms with van der Waals surface area (Å²) in [6.07, 6.45) is 1.48. The van der Waals surface area contributed by atoms with Gasteiger partial charge in [-0.2, -0.15) is 5.10 Å². The summed E-state index contributed by atoms with van der Waals surface area (Å²) in [4.78, 5) is 11.5. The van der Waals surface area contributed by atoms with Crippen molar-refractivity contribution in [1.29, 1.82) is 0 Å². The SMILES string of the molecule is CCc1cc(NC(=O)[C@@H](N)CC)n(C)n1. The second-order valence-corrected chi connectivity index (χ2v) is 3.50. The minimum atomic E-state index is -0.454. The van der Waals surface area contributed by atoms with Gasteiger partial charge in [0.15, 0.2) is 0 Å². The molecule has 1 aromatic rings. The molecular weight excluding hydrogens is 192 g/mol. The van der Waals surface area contributed by atoms with Gasteiger partial charge in [0.1, 0.15) is 5.82 Å². The Labute approximate surface area is 89.6 Å². The van der Waals surface area contributed by atoms with Crippen LogP contribution in [0.1, 0.15) is 26.0 Å². The zero-order valence-corrected chi connectivity index (χ0v) is 9.45. The molecule has 0 aliphatic rings. The van der Waals surface area contributed by atoms with E-state index in [1.807, 2.05) is 19.9 Å². The topological polar surface area (TPSA) is 72.9 Å². The largest absolute Gasteiger partial charge is 0.320 e. The highest BCUT2D eigenvalue weighted by Crippen LogP contribution is 2.09. The van der Waals surface area contributed by atoms with Gasteiger partial charge in [0, 0.05) is 13.1 Å². The Balaban J connectivity index is 2.71. The van der Waals surface area contributed by atoms with Gasteiger partial charge in [-0.3, -0.25) is 9.48 Å². The molecule has 0 aliphatic carbocycles. The third kappa shape index (κ3) is 2.79. The molecule has 0 radical (unpaired) electrons. The number of nitrogens with one attached hydrogen (secondary N) is 1. The van der Waals surface area contributed by atoms with Crippen molar-refractivity contribution in [3.05, 3.63) is 11.8 Å². The van der Waals surface area contributed by atoms with E-state index < -0.39 is 6.04 Å². The van der Waals surface area contributed by atoms with E-state index >= 15 is 0 Å². The summed E-state index contributed by atoms with van der Waals surface area (Å²) in [5, 5.41) is 6.98. The van der Waals surface area contributed by atoms with Crippen LogP contribution in [0.15, 0.2) is 6.07 Å². The molecule has 3 N–H and O–H groups in total. The molecule has 0 saturated carbocycles. The maximum Gasteiger partial charge on any atom is 0.242 e. The molecular formula is C10H18N4O. The van der Waals surface area contributed by atoms with Gasteiger partial charge in [0.2, 0.25) is 5.91 Å². The van der Waals surface area contributed by atoms with Crippen LogP contribution in [0.2, 0.25) is 0 Å². The number of aromatic nitrogens is 2. The lowest BCUT2D eigenvalue weighted by Crippen LogP contribution is -2.35. The number of anilines is 1. The highest BCUT2D eigenvalue weighted by molar-refractivity contribution is 5.93. The number of rotatable bonds is 4. The van der Waals surface area contributed by atoms with Gasteiger partial charge in [0.05, 0.1) is 11.7 Å². The fourth-order valence-electron chi connectivity index (χ4n) is 1.22. The van der Waals surface area contributed by atoms with E-state index in [0.29, 0.717) is 12.2 Å². The molecule has 1 atom stereocenters. The lowest BCUT2D eigenvalue weighted by atomic mass is 10.2. The van der Waals surface area contributed by atoms with Gasteiger partial charge in [-0.05, 0) is 12.8 Å². The van der Waals surface area contributed by atoms with E-state index in [0.717, 1.165) is 12.1 Å². The normalized spacial score (nSPS) is 12.5. The summed E-state index contributed by atoms with van der Waals surface area (Å²) in [6, 6.07) is 1.41. The Kier molecular flexibility index (Phi) is 3.85. The number of hydrogen-bond donors (Lipinski definition) is 2. The van der Waals surface area contributed by atoms with Gasteiger partial charge in [0.25, 0.3) is 0 Å². The first-order valence-electron chi connectivity index (χ1n) is 5.17. The number of nitrogens with two attached hydrogens (primary N) is 1. The molecule has 1 heterocycles. The van der Waals surface area contributed by atoms with Crippen molar-refractivity contribution in [2.45, 2.75) is 32.7 Å². The number of hydrogen-bond acceptors (Lipinski definition) is 3. The first kappa shape index (κ1) is 11.7. The Morgan fingerprint density at radius 2 is 2.33 bits per heavy atom. The van der Waals surface area contributed by atoms with Crippen LogP contribution in [0.5, 0.6) is 0 Å². The third-order valence-corrected chi connectivity index (χ3v) is 2.32. The minimum Gasteiger partial charge on any atom is -0.320 e. The summed E-state index contributed by atoms with van der Waals surface area (Å²) < 4.78 is 1.65. The fourth-order valence-corrected chi connectivity index (χ4v) is 1.22. The van der Waals surface area contributed by atoms with Crippen LogP contribution >= 0.6 is 0 Å². The first-order valence-corrected chi connectivity index (χ1v) is 5.17. The second-order valence-electron chi connectivity index (χ2n) is 3.50. The first-order chi connectivity index (χ1) is 7.08. The summed E-state index contributed by atoms with van der Waals surface area (Å²) in [7, 11) is 1.80. The summed E-state index contributed by atoms with van der Waals surface area (Å²) in [5.74, 6) is 0.531. The lowest BCUT2D eigenvalue weighted by Gasteiger charge is -2.09. The van der Waals surface area contributed by atoms with Gasteiger partial charge in [-0.25, -0.2) is 0 Å². The average molecular weight is 210 g/mol. The van der Waals surface area contributed by atoms with E-state index in [2.05, 4.69) is 10.4 Å². The van der Waals surface area contributed by atoms with Gasteiger partial charge >= 0.3 is 0 Å². The van der Waals surface area contributed by atoms with Crippen molar-refractivity contribution in [3.63, 3.8) is 0 Å². The van der Waals surface area contributed by atoms with E-state index in [-0.39, 0.29) is 5.91 Å². The van der Waals surface area contributed by atoms with Crippen molar-refractivity contribution >= 4 is 11.7 Å². The molecule has 1 rings (SSSR count).